The smallest absolute Gasteiger partial charge is 0.317 e. The Labute approximate surface area is 145 Å². The monoisotopic (exact) mass is 360 g/mol. The second-order valence-electron chi connectivity index (χ2n) is 5.94. The highest BCUT2D eigenvalue weighted by atomic mass is 33.1. The minimum Gasteiger partial charge on any atom is -0.378 e. The van der Waals surface area contributed by atoms with Crippen LogP contribution in [0.15, 0.2) is 0 Å². The molecule has 0 saturated carbocycles. The number of carbonyl (C=O) groups is 2. The Hall–Kier alpha value is -1.11. The van der Waals surface area contributed by atoms with Crippen LogP contribution in [0.2, 0.25) is 0 Å². The first-order chi connectivity index (χ1) is 10.8. The van der Waals surface area contributed by atoms with Gasteiger partial charge in [0.1, 0.15) is 11.8 Å². The maximum atomic E-state index is 12.1. The first-order valence-electron chi connectivity index (χ1n) is 7.43. The molecule has 1 heterocycles. The predicted octanol–water partition coefficient (Wildman–Crippen LogP) is 1.22. The fourth-order valence-electron chi connectivity index (χ4n) is 1.67. The summed E-state index contributed by atoms with van der Waals surface area (Å²) >= 11 is 0. The summed E-state index contributed by atoms with van der Waals surface area (Å²) < 4.78 is 5.20. The first kappa shape index (κ1) is 19.9. The summed E-state index contributed by atoms with van der Waals surface area (Å²) in [4.78, 5) is 25.9. The van der Waals surface area contributed by atoms with Crippen LogP contribution < -0.4 is 10.6 Å². The molecule has 0 bridgehead atoms. The van der Waals surface area contributed by atoms with Crippen molar-refractivity contribution in [3.63, 3.8) is 0 Å². The average Bonchev–Trinajstić information content (AvgIpc) is 2.52. The number of amides is 3. The van der Waals surface area contributed by atoms with E-state index in [9.17, 15) is 9.59 Å². The number of rotatable bonds is 6. The number of morpholine rings is 1. The predicted molar refractivity (Wildman–Crippen MR) is 93.1 cm³/mol. The topological polar surface area (TPSA) is 94.5 Å². The molecule has 0 aromatic carbocycles. The normalized spacial score (nSPS) is 16.3. The summed E-state index contributed by atoms with van der Waals surface area (Å²) in [6.45, 7) is 8.54. The standard InChI is InChI=1S/C14H24N4O3S2/c1-14(2,3)23-22-11(12(19)16-5-4-15)10-17-13(20)18-6-8-21-9-7-18/h11H,5-10H2,1-3H3,(H,16,19)(H,17,20). The molecule has 9 heteroatoms. The van der Waals surface area contributed by atoms with Gasteiger partial charge in [0.2, 0.25) is 5.91 Å². The van der Waals surface area contributed by atoms with Gasteiger partial charge in [0.05, 0.1) is 19.3 Å². The Morgan fingerprint density at radius 1 is 1.30 bits per heavy atom. The van der Waals surface area contributed by atoms with E-state index in [0.29, 0.717) is 26.3 Å². The number of ether oxygens (including phenoxy) is 1. The molecule has 0 aromatic rings. The Morgan fingerprint density at radius 2 is 1.96 bits per heavy atom. The van der Waals surface area contributed by atoms with Crippen LogP contribution in [0.25, 0.3) is 0 Å². The molecule has 1 unspecified atom stereocenters. The molecule has 1 fully saturated rings. The molecular weight excluding hydrogens is 336 g/mol. The van der Waals surface area contributed by atoms with Gasteiger partial charge in [-0.3, -0.25) is 4.79 Å². The molecular formula is C14H24N4O3S2. The molecule has 130 valence electrons. The number of urea groups is 1. The van der Waals surface area contributed by atoms with Gasteiger partial charge in [0, 0.05) is 24.4 Å². The van der Waals surface area contributed by atoms with Crippen molar-refractivity contribution in [2.24, 2.45) is 0 Å². The van der Waals surface area contributed by atoms with E-state index >= 15 is 0 Å². The van der Waals surface area contributed by atoms with Crippen LogP contribution in [-0.2, 0) is 9.53 Å². The second kappa shape index (κ2) is 9.90. The molecule has 0 spiro atoms. The summed E-state index contributed by atoms with van der Waals surface area (Å²) in [7, 11) is 2.99. The van der Waals surface area contributed by atoms with Crippen molar-refractivity contribution in [3.05, 3.63) is 0 Å². The van der Waals surface area contributed by atoms with Crippen molar-refractivity contribution in [3.8, 4) is 6.07 Å². The van der Waals surface area contributed by atoms with Crippen molar-refractivity contribution in [1.29, 1.82) is 5.26 Å². The van der Waals surface area contributed by atoms with Crippen molar-refractivity contribution in [2.45, 2.75) is 30.8 Å². The lowest BCUT2D eigenvalue weighted by molar-refractivity contribution is -0.120. The van der Waals surface area contributed by atoms with Crippen LogP contribution >= 0.6 is 21.6 Å². The lowest BCUT2D eigenvalue weighted by Gasteiger charge is -2.28. The highest BCUT2D eigenvalue weighted by Crippen LogP contribution is 2.37. The quantitative estimate of drug-likeness (QED) is 0.546. The number of hydrogen-bond donors (Lipinski definition) is 2. The van der Waals surface area contributed by atoms with E-state index in [1.807, 2.05) is 6.07 Å². The van der Waals surface area contributed by atoms with E-state index in [0.717, 1.165) is 0 Å². The van der Waals surface area contributed by atoms with Crippen LogP contribution in [0.5, 0.6) is 0 Å². The van der Waals surface area contributed by atoms with Crippen LogP contribution in [0.4, 0.5) is 4.79 Å². The van der Waals surface area contributed by atoms with Gasteiger partial charge in [-0.1, -0.05) is 42.4 Å². The fraction of sp³-hybridized carbons (Fsp3) is 0.786. The highest BCUT2D eigenvalue weighted by Gasteiger charge is 2.25. The second-order valence-corrected chi connectivity index (χ2v) is 9.17. The lowest BCUT2D eigenvalue weighted by Crippen LogP contribution is -2.49. The van der Waals surface area contributed by atoms with E-state index in [-0.39, 0.29) is 29.8 Å². The number of nitrogens with zero attached hydrogens (tertiary/aromatic N) is 2. The molecule has 2 N–H and O–H groups in total. The zero-order chi connectivity index (χ0) is 17.3. The van der Waals surface area contributed by atoms with Crippen molar-refractivity contribution in [1.82, 2.24) is 15.5 Å². The van der Waals surface area contributed by atoms with Crippen molar-refractivity contribution >= 4 is 33.5 Å². The van der Waals surface area contributed by atoms with Gasteiger partial charge >= 0.3 is 6.03 Å². The van der Waals surface area contributed by atoms with Crippen molar-refractivity contribution in [2.75, 3.05) is 39.4 Å². The van der Waals surface area contributed by atoms with Gasteiger partial charge in [-0.15, -0.1) is 0 Å². The molecule has 0 radical (unpaired) electrons. The number of nitrogens with one attached hydrogen (secondary N) is 2. The molecule has 1 aliphatic heterocycles. The Kier molecular flexibility index (Phi) is 8.58. The SMILES string of the molecule is CC(C)(C)SSC(CNC(=O)N1CCOCC1)C(=O)NCC#N. The van der Waals surface area contributed by atoms with E-state index < -0.39 is 5.25 Å². The molecule has 1 rings (SSSR count). The molecule has 7 nitrogen and oxygen atoms in total. The molecule has 1 aliphatic rings. The Morgan fingerprint density at radius 3 is 2.52 bits per heavy atom. The molecule has 1 atom stereocenters. The minimum absolute atomic E-state index is 0.00730. The van der Waals surface area contributed by atoms with E-state index in [1.165, 1.54) is 10.8 Å². The molecule has 3 amide bonds. The van der Waals surface area contributed by atoms with Crippen LogP contribution in [0, 0.1) is 11.3 Å². The number of carbonyl (C=O) groups excluding carboxylic acids is 2. The molecule has 0 aromatic heterocycles. The maximum Gasteiger partial charge on any atom is 0.317 e. The van der Waals surface area contributed by atoms with E-state index in [2.05, 4.69) is 31.4 Å². The van der Waals surface area contributed by atoms with Gasteiger partial charge < -0.3 is 20.3 Å². The summed E-state index contributed by atoms with van der Waals surface area (Å²) in [5.41, 5.74) is 0. The minimum atomic E-state index is -0.447. The molecule has 23 heavy (non-hydrogen) atoms. The molecule has 1 saturated heterocycles. The van der Waals surface area contributed by atoms with E-state index in [1.54, 1.807) is 15.7 Å². The van der Waals surface area contributed by atoms with Crippen LogP contribution in [0.3, 0.4) is 0 Å². The summed E-state index contributed by atoms with van der Waals surface area (Å²) in [5, 5.41) is 13.5. The third-order valence-electron chi connectivity index (χ3n) is 2.79. The van der Waals surface area contributed by atoms with Crippen LogP contribution in [-0.4, -0.2) is 66.2 Å². The fourth-order valence-corrected chi connectivity index (χ4v) is 4.08. The highest BCUT2D eigenvalue weighted by molar-refractivity contribution is 8.77. The lowest BCUT2D eigenvalue weighted by atomic mass is 10.3. The Balaban J connectivity index is 2.51. The Bertz CT molecular complexity index is 442. The third-order valence-corrected chi connectivity index (χ3v) is 6.48. The number of nitriles is 1. The summed E-state index contributed by atoms with van der Waals surface area (Å²) in [5.74, 6) is -0.240. The molecule has 0 aliphatic carbocycles. The largest absolute Gasteiger partial charge is 0.378 e. The van der Waals surface area contributed by atoms with Gasteiger partial charge in [0.25, 0.3) is 0 Å². The van der Waals surface area contributed by atoms with E-state index in [4.69, 9.17) is 10.00 Å². The maximum absolute atomic E-state index is 12.1. The van der Waals surface area contributed by atoms with Crippen molar-refractivity contribution < 1.29 is 14.3 Å². The summed E-state index contributed by atoms with van der Waals surface area (Å²) in [6, 6.07) is 1.70. The first-order valence-corrected chi connectivity index (χ1v) is 9.64. The average molecular weight is 361 g/mol. The zero-order valence-electron chi connectivity index (χ0n) is 13.8. The van der Waals surface area contributed by atoms with Crippen LogP contribution in [0.1, 0.15) is 20.8 Å². The van der Waals surface area contributed by atoms with Gasteiger partial charge in [-0.05, 0) is 0 Å². The zero-order valence-corrected chi connectivity index (χ0v) is 15.4. The van der Waals surface area contributed by atoms with Gasteiger partial charge in [0.15, 0.2) is 0 Å². The van der Waals surface area contributed by atoms with Gasteiger partial charge in [-0.2, -0.15) is 5.26 Å². The summed E-state index contributed by atoms with van der Waals surface area (Å²) in [6.07, 6.45) is 0. The number of hydrogen-bond acceptors (Lipinski definition) is 6. The third kappa shape index (κ3) is 8.34. The van der Waals surface area contributed by atoms with Gasteiger partial charge in [-0.25, -0.2) is 4.79 Å².